The summed E-state index contributed by atoms with van der Waals surface area (Å²) in [5.74, 6) is 0. The van der Waals surface area contributed by atoms with Gasteiger partial charge >= 0.3 is 0 Å². The van der Waals surface area contributed by atoms with Crippen LogP contribution in [0, 0.1) is 0 Å². The number of hydrogen-bond donors (Lipinski definition) is 0. The molecule has 0 atom stereocenters. The molecule has 3 aromatic carbocycles. The second kappa shape index (κ2) is 16.6. The zero-order chi connectivity index (χ0) is 15.1. The van der Waals surface area contributed by atoms with Gasteiger partial charge < -0.3 is 0 Å². The Hall–Kier alpha value is -1.50. The third-order valence-corrected chi connectivity index (χ3v) is 2.33. The van der Waals surface area contributed by atoms with E-state index in [0.717, 1.165) is 0 Å². The van der Waals surface area contributed by atoms with Crippen LogP contribution in [0.4, 0.5) is 0 Å². The Labute approximate surface area is 142 Å². The van der Waals surface area contributed by atoms with Gasteiger partial charge in [0, 0.05) is 18.6 Å². The van der Waals surface area contributed by atoms with E-state index >= 15 is 0 Å². The molecule has 0 spiro atoms. The molecule has 1 heteroatoms. The van der Waals surface area contributed by atoms with Gasteiger partial charge in [-0.3, -0.25) is 0 Å². The summed E-state index contributed by atoms with van der Waals surface area (Å²) in [4.78, 5) is 0. The van der Waals surface area contributed by atoms with Crippen molar-refractivity contribution in [3.8, 4) is 0 Å². The summed E-state index contributed by atoms with van der Waals surface area (Å²) in [6.45, 7) is 8.00. The minimum atomic E-state index is 0. The minimum absolute atomic E-state index is 0. The number of hydrogen-bond acceptors (Lipinski definition) is 0. The number of fused-ring (bicyclic) bond motifs is 1. The molecule has 0 heterocycles. The number of benzene rings is 3. The van der Waals surface area contributed by atoms with Crippen LogP contribution < -0.4 is 0 Å². The summed E-state index contributed by atoms with van der Waals surface area (Å²) in [5, 5.41) is 2.62. The first-order valence-electron chi connectivity index (χ1n) is 7.40. The van der Waals surface area contributed by atoms with E-state index < -0.39 is 0 Å². The van der Waals surface area contributed by atoms with Crippen LogP contribution in [-0.2, 0) is 18.6 Å². The maximum atomic E-state index is 2.12. The van der Waals surface area contributed by atoms with Crippen molar-refractivity contribution >= 4 is 10.8 Å². The molecule has 3 rings (SSSR count). The van der Waals surface area contributed by atoms with E-state index in [0.29, 0.717) is 0 Å². The van der Waals surface area contributed by atoms with Crippen molar-refractivity contribution in [3.05, 3.63) is 84.9 Å². The second-order valence-corrected chi connectivity index (χ2v) is 3.50. The van der Waals surface area contributed by atoms with Crippen molar-refractivity contribution < 1.29 is 18.6 Å². The van der Waals surface area contributed by atoms with E-state index in [1.54, 1.807) is 0 Å². The van der Waals surface area contributed by atoms with Gasteiger partial charge in [-0.2, -0.15) is 0 Å². The van der Waals surface area contributed by atoms with Crippen molar-refractivity contribution in [2.45, 2.75) is 27.7 Å². The van der Waals surface area contributed by atoms with Gasteiger partial charge in [-0.15, -0.1) is 0 Å². The molecule has 1 radical (unpaired) electrons. The Morgan fingerprint density at radius 2 is 0.571 bits per heavy atom. The smallest absolute Gasteiger partial charge is 0 e. The molecule has 0 N–H and O–H groups in total. The normalized spacial score (nSPS) is 7.62. The van der Waals surface area contributed by atoms with Crippen molar-refractivity contribution in [1.29, 1.82) is 0 Å². The number of rotatable bonds is 0. The standard InChI is InChI=1S/C10H8.C6H6.2C2H6.V/c1-2-6-10-8-4-3-7-9(10)5-1;1-2-4-6-5-3-1;2*1-2;/h1-8H;1-6H;2*1-2H3;. The molecule has 0 fully saturated rings. The fourth-order valence-electron chi connectivity index (χ4n) is 1.52. The van der Waals surface area contributed by atoms with Crippen LogP contribution >= 0.6 is 0 Å². The minimum Gasteiger partial charge on any atom is -0.0683 e. The topological polar surface area (TPSA) is 0 Å². The van der Waals surface area contributed by atoms with Gasteiger partial charge in [-0.05, 0) is 10.8 Å². The van der Waals surface area contributed by atoms with Gasteiger partial charge in [0.2, 0.25) is 0 Å². The SMILES string of the molecule is CC.CC.[V].c1ccc2ccccc2c1.c1ccccc1. The van der Waals surface area contributed by atoms with Crippen LogP contribution in [0.15, 0.2) is 84.9 Å². The molecule has 3 aromatic rings. The summed E-state index contributed by atoms with van der Waals surface area (Å²) in [6, 6.07) is 28.7. The average molecular weight is 317 g/mol. The first-order valence-corrected chi connectivity index (χ1v) is 7.40. The van der Waals surface area contributed by atoms with Gasteiger partial charge in [0.15, 0.2) is 0 Å². The third-order valence-electron chi connectivity index (χ3n) is 2.33. The molecule has 21 heavy (non-hydrogen) atoms. The van der Waals surface area contributed by atoms with Crippen molar-refractivity contribution in [3.63, 3.8) is 0 Å². The Bertz CT molecular complexity index is 440. The van der Waals surface area contributed by atoms with E-state index in [1.165, 1.54) is 10.8 Å². The maximum absolute atomic E-state index is 2.12. The van der Waals surface area contributed by atoms with Gasteiger partial charge in [0.25, 0.3) is 0 Å². The van der Waals surface area contributed by atoms with Crippen molar-refractivity contribution in [2.75, 3.05) is 0 Å². The first-order chi connectivity index (χ1) is 9.97. The fraction of sp³-hybridized carbons (Fsp3) is 0.200. The van der Waals surface area contributed by atoms with E-state index in [1.807, 2.05) is 64.1 Å². The molecular formula is C20H26V. The van der Waals surface area contributed by atoms with Crippen LogP contribution in [0.3, 0.4) is 0 Å². The largest absolute Gasteiger partial charge is 0.0683 e. The molecule has 0 aliphatic carbocycles. The summed E-state index contributed by atoms with van der Waals surface area (Å²) < 4.78 is 0. The first kappa shape index (κ1) is 21.8. The predicted octanol–water partition coefficient (Wildman–Crippen LogP) is 6.58. The van der Waals surface area contributed by atoms with Gasteiger partial charge in [-0.25, -0.2) is 0 Å². The van der Waals surface area contributed by atoms with Gasteiger partial charge in [-0.1, -0.05) is 113 Å². The van der Waals surface area contributed by atoms with E-state index in [2.05, 4.69) is 48.5 Å². The fourth-order valence-corrected chi connectivity index (χ4v) is 1.52. The molecule has 0 saturated heterocycles. The molecule has 0 unspecified atom stereocenters. The summed E-state index contributed by atoms with van der Waals surface area (Å²) >= 11 is 0. The predicted molar refractivity (Wildman–Crippen MR) is 93.1 cm³/mol. The maximum Gasteiger partial charge on any atom is 0 e. The van der Waals surface area contributed by atoms with E-state index in [-0.39, 0.29) is 18.6 Å². The zero-order valence-corrected chi connectivity index (χ0v) is 14.9. The Morgan fingerprint density at radius 1 is 0.381 bits per heavy atom. The van der Waals surface area contributed by atoms with Gasteiger partial charge in [0.1, 0.15) is 0 Å². The second-order valence-electron chi connectivity index (χ2n) is 3.50. The van der Waals surface area contributed by atoms with Crippen LogP contribution in [0.5, 0.6) is 0 Å². The average Bonchev–Trinajstić information content (AvgIpc) is 2.61. The third kappa shape index (κ3) is 9.95. The van der Waals surface area contributed by atoms with Crippen molar-refractivity contribution in [1.82, 2.24) is 0 Å². The molecule has 111 valence electrons. The Balaban J connectivity index is 0. The zero-order valence-electron chi connectivity index (χ0n) is 13.5. The van der Waals surface area contributed by atoms with Crippen LogP contribution in [0.1, 0.15) is 27.7 Å². The molecule has 0 saturated carbocycles. The summed E-state index contributed by atoms with van der Waals surface area (Å²) in [6.07, 6.45) is 0. The molecule has 0 aliphatic rings. The quantitative estimate of drug-likeness (QED) is 0.439. The molecule has 0 aromatic heterocycles. The molecule has 0 bridgehead atoms. The molecule has 0 nitrogen and oxygen atoms in total. The van der Waals surface area contributed by atoms with Crippen LogP contribution in [0.2, 0.25) is 0 Å². The van der Waals surface area contributed by atoms with E-state index in [9.17, 15) is 0 Å². The Morgan fingerprint density at radius 3 is 0.762 bits per heavy atom. The molecule has 0 aliphatic heterocycles. The molecular weight excluding hydrogens is 291 g/mol. The van der Waals surface area contributed by atoms with Gasteiger partial charge in [0.05, 0.1) is 0 Å². The summed E-state index contributed by atoms with van der Waals surface area (Å²) in [7, 11) is 0. The molecule has 0 amide bonds. The summed E-state index contributed by atoms with van der Waals surface area (Å²) in [5.41, 5.74) is 0. The van der Waals surface area contributed by atoms with Crippen molar-refractivity contribution in [2.24, 2.45) is 0 Å². The monoisotopic (exact) mass is 317 g/mol. The van der Waals surface area contributed by atoms with Crippen LogP contribution in [-0.4, -0.2) is 0 Å². The van der Waals surface area contributed by atoms with E-state index in [4.69, 9.17) is 0 Å². The Kier molecular flexibility index (Phi) is 17.2. The van der Waals surface area contributed by atoms with Crippen LogP contribution in [0.25, 0.3) is 10.8 Å².